The van der Waals surface area contributed by atoms with Gasteiger partial charge in [-0.15, -0.1) is 0 Å². The van der Waals surface area contributed by atoms with Gasteiger partial charge in [0.25, 0.3) is 0 Å². The molecule has 2 amide bonds. The molecule has 0 aliphatic rings. The Morgan fingerprint density at radius 1 is 1.03 bits per heavy atom. The number of amides is 2. The molecule has 0 spiro atoms. The molecule has 0 fully saturated rings. The van der Waals surface area contributed by atoms with E-state index in [9.17, 15) is 14.0 Å². The van der Waals surface area contributed by atoms with Crippen LogP contribution < -0.4 is 15.4 Å². The second-order valence-electron chi connectivity index (χ2n) is 6.42. The van der Waals surface area contributed by atoms with Gasteiger partial charge in [0.15, 0.2) is 0 Å². The van der Waals surface area contributed by atoms with E-state index >= 15 is 0 Å². The van der Waals surface area contributed by atoms with Crippen molar-refractivity contribution < 1.29 is 23.1 Å². The molecule has 6 nitrogen and oxygen atoms in total. The van der Waals surface area contributed by atoms with E-state index in [1.165, 1.54) is 25.1 Å². The van der Waals surface area contributed by atoms with Gasteiger partial charge in [-0.3, -0.25) is 9.59 Å². The van der Waals surface area contributed by atoms with Gasteiger partial charge >= 0.3 is 0 Å². The van der Waals surface area contributed by atoms with Crippen LogP contribution in [0, 0.1) is 5.82 Å². The summed E-state index contributed by atoms with van der Waals surface area (Å²) in [4.78, 5) is 23.3. The molecule has 0 atom stereocenters. The van der Waals surface area contributed by atoms with E-state index in [1.54, 1.807) is 7.11 Å². The number of carbonyl (C=O) groups is 2. The maximum atomic E-state index is 13.7. The molecule has 2 aromatic carbocycles. The fourth-order valence-electron chi connectivity index (χ4n) is 2.77. The molecular formula is C22H21FN2O4. The summed E-state index contributed by atoms with van der Waals surface area (Å²) < 4.78 is 24.6. The Balaban J connectivity index is 1.57. The third-order valence-electron chi connectivity index (χ3n) is 4.20. The van der Waals surface area contributed by atoms with Gasteiger partial charge in [0, 0.05) is 31.0 Å². The average molecular weight is 396 g/mol. The fourth-order valence-corrected chi connectivity index (χ4v) is 2.77. The minimum absolute atomic E-state index is 0.0190. The second kappa shape index (κ2) is 9.05. The first-order valence-corrected chi connectivity index (χ1v) is 9.05. The lowest BCUT2D eigenvalue weighted by molar-refractivity contribution is -0.116. The molecule has 2 N–H and O–H groups in total. The van der Waals surface area contributed by atoms with E-state index in [4.69, 9.17) is 9.15 Å². The molecule has 1 aromatic heterocycles. The van der Waals surface area contributed by atoms with Crippen LogP contribution in [0.1, 0.15) is 19.1 Å². The fraction of sp³-hybridized carbons (Fsp3) is 0.182. The standard InChI is InChI=1S/C22H21FN2O4/c1-14(26)24-20-13-16(5-10-19(20)23)25-22(27)12-9-18-8-11-21(29-18)15-3-6-17(28-2)7-4-15/h3-8,10-11,13H,9,12H2,1-2H3,(H,24,26)(H,25,27). The molecule has 0 saturated carbocycles. The third-order valence-corrected chi connectivity index (χ3v) is 4.20. The molecule has 3 aromatic rings. The smallest absolute Gasteiger partial charge is 0.224 e. The molecule has 0 aliphatic carbocycles. The highest BCUT2D eigenvalue weighted by Gasteiger charge is 2.10. The largest absolute Gasteiger partial charge is 0.497 e. The van der Waals surface area contributed by atoms with Crippen LogP contribution in [0.5, 0.6) is 5.75 Å². The van der Waals surface area contributed by atoms with Crippen LogP contribution in [0.25, 0.3) is 11.3 Å². The highest BCUT2D eigenvalue weighted by molar-refractivity contribution is 5.93. The topological polar surface area (TPSA) is 80.6 Å². The normalized spacial score (nSPS) is 10.4. The molecule has 3 rings (SSSR count). The van der Waals surface area contributed by atoms with Crippen LogP contribution in [-0.4, -0.2) is 18.9 Å². The number of carbonyl (C=O) groups excluding carboxylic acids is 2. The van der Waals surface area contributed by atoms with Gasteiger partial charge < -0.3 is 19.8 Å². The van der Waals surface area contributed by atoms with Gasteiger partial charge in [-0.1, -0.05) is 0 Å². The number of furan rings is 1. The lowest BCUT2D eigenvalue weighted by Crippen LogP contribution is -2.13. The van der Waals surface area contributed by atoms with E-state index in [1.807, 2.05) is 36.4 Å². The van der Waals surface area contributed by atoms with Gasteiger partial charge in [0.2, 0.25) is 11.8 Å². The number of hydrogen-bond acceptors (Lipinski definition) is 4. The number of rotatable bonds is 7. The van der Waals surface area contributed by atoms with E-state index in [2.05, 4.69) is 10.6 Å². The minimum atomic E-state index is -0.570. The summed E-state index contributed by atoms with van der Waals surface area (Å²) in [7, 11) is 1.61. The highest BCUT2D eigenvalue weighted by Crippen LogP contribution is 2.25. The Morgan fingerprint density at radius 2 is 1.79 bits per heavy atom. The lowest BCUT2D eigenvalue weighted by Gasteiger charge is -2.08. The molecule has 29 heavy (non-hydrogen) atoms. The van der Waals surface area contributed by atoms with E-state index in [0.717, 1.165) is 11.3 Å². The van der Waals surface area contributed by atoms with E-state index in [-0.39, 0.29) is 18.0 Å². The van der Waals surface area contributed by atoms with Crippen molar-refractivity contribution in [3.05, 3.63) is 66.2 Å². The van der Waals surface area contributed by atoms with Crippen molar-refractivity contribution in [1.29, 1.82) is 0 Å². The molecule has 1 heterocycles. The first-order valence-electron chi connectivity index (χ1n) is 9.05. The SMILES string of the molecule is COc1ccc(-c2ccc(CCC(=O)Nc3ccc(F)c(NC(C)=O)c3)o2)cc1. The maximum Gasteiger partial charge on any atom is 0.224 e. The quantitative estimate of drug-likeness (QED) is 0.610. The predicted molar refractivity (Wildman–Crippen MR) is 108 cm³/mol. The van der Waals surface area contributed by atoms with Crippen LogP contribution in [-0.2, 0) is 16.0 Å². The van der Waals surface area contributed by atoms with Gasteiger partial charge in [-0.2, -0.15) is 0 Å². The molecule has 7 heteroatoms. The molecule has 0 unspecified atom stereocenters. The van der Waals surface area contributed by atoms with Gasteiger partial charge in [0.1, 0.15) is 23.1 Å². The van der Waals surface area contributed by atoms with Crippen molar-refractivity contribution in [3.8, 4) is 17.1 Å². The van der Waals surface area contributed by atoms with Crippen molar-refractivity contribution >= 4 is 23.2 Å². The Morgan fingerprint density at radius 3 is 2.48 bits per heavy atom. The Bertz CT molecular complexity index is 1010. The van der Waals surface area contributed by atoms with Crippen LogP contribution in [0.4, 0.5) is 15.8 Å². The number of benzene rings is 2. The number of nitrogens with one attached hydrogen (secondary N) is 2. The Labute approximate surface area is 167 Å². The summed E-state index contributed by atoms with van der Waals surface area (Å²) in [5.41, 5.74) is 1.34. The van der Waals surface area contributed by atoms with Crippen LogP contribution >= 0.6 is 0 Å². The van der Waals surface area contributed by atoms with Crippen molar-refractivity contribution in [3.63, 3.8) is 0 Å². The van der Waals surface area contributed by atoms with Gasteiger partial charge in [-0.25, -0.2) is 4.39 Å². The summed E-state index contributed by atoms with van der Waals surface area (Å²) in [6, 6.07) is 15.2. The molecule has 150 valence electrons. The van der Waals surface area contributed by atoms with Crippen LogP contribution in [0.3, 0.4) is 0 Å². The van der Waals surface area contributed by atoms with Gasteiger partial charge in [-0.05, 0) is 54.6 Å². The Kier molecular flexibility index (Phi) is 6.29. The van der Waals surface area contributed by atoms with Gasteiger partial charge in [0.05, 0.1) is 12.8 Å². The molecule has 0 aliphatic heterocycles. The van der Waals surface area contributed by atoms with Crippen molar-refractivity contribution in [2.24, 2.45) is 0 Å². The highest BCUT2D eigenvalue weighted by atomic mass is 19.1. The number of halogens is 1. The molecule has 0 saturated heterocycles. The zero-order chi connectivity index (χ0) is 20.8. The van der Waals surface area contributed by atoms with Crippen molar-refractivity contribution in [2.45, 2.75) is 19.8 Å². The molecule has 0 bridgehead atoms. The van der Waals surface area contributed by atoms with Crippen LogP contribution in [0.2, 0.25) is 0 Å². The molecule has 0 radical (unpaired) electrons. The van der Waals surface area contributed by atoms with E-state index in [0.29, 0.717) is 23.6 Å². The summed E-state index contributed by atoms with van der Waals surface area (Å²) in [6.45, 7) is 1.29. The first-order chi connectivity index (χ1) is 13.9. The summed E-state index contributed by atoms with van der Waals surface area (Å²) >= 11 is 0. The lowest BCUT2D eigenvalue weighted by atomic mass is 10.2. The number of aryl methyl sites for hydroxylation is 1. The summed E-state index contributed by atoms with van der Waals surface area (Å²) in [6.07, 6.45) is 0.615. The number of hydrogen-bond donors (Lipinski definition) is 2. The minimum Gasteiger partial charge on any atom is -0.497 e. The number of anilines is 2. The Hall–Kier alpha value is -3.61. The first kappa shape index (κ1) is 20.1. The number of methoxy groups -OCH3 is 1. The van der Waals surface area contributed by atoms with Crippen molar-refractivity contribution in [2.75, 3.05) is 17.7 Å². The third kappa shape index (κ3) is 5.44. The predicted octanol–water partition coefficient (Wildman–Crippen LogP) is 4.62. The summed E-state index contributed by atoms with van der Waals surface area (Å²) in [5.74, 6) is 0.954. The average Bonchev–Trinajstić information content (AvgIpc) is 3.18. The summed E-state index contributed by atoms with van der Waals surface area (Å²) in [5, 5.41) is 5.07. The zero-order valence-electron chi connectivity index (χ0n) is 16.1. The molecular weight excluding hydrogens is 375 g/mol. The number of ether oxygens (including phenoxy) is 1. The van der Waals surface area contributed by atoms with Crippen LogP contribution in [0.15, 0.2) is 59.0 Å². The maximum absolute atomic E-state index is 13.7. The zero-order valence-corrected chi connectivity index (χ0v) is 16.1. The van der Waals surface area contributed by atoms with E-state index < -0.39 is 11.7 Å². The monoisotopic (exact) mass is 396 g/mol. The second-order valence-corrected chi connectivity index (χ2v) is 6.42. The van der Waals surface area contributed by atoms with Crippen molar-refractivity contribution in [1.82, 2.24) is 0 Å².